The highest BCUT2D eigenvalue weighted by Gasteiger charge is 2.20. The van der Waals surface area contributed by atoms with Gasteiger partial charge >= 0.3 is 0 Å². The number of nitrogens with zero attached hydrogens (tertiary/aromatic N) is 2. The number of ether oxygens (including phenoxy) is 2. The van der Waals surface area contributed by atoms with Crippen molar-refractivity contribution in [3.8, 4) is 11.5 Å². The molecule has 0 saturated carbocycles. The normalized spacial score (nSPS) is 13.0. The minimum atomic E-state index is -0.160. The molecular formula is C23H24ClN3O3. The van der Waals surface area contributed by atoms with Crippen molar-refractivity contribution in [2.24, 2.45) is 0 Å². The van der Waals surface area contributed by atoms with Crippen LogP contribution in [-0.2, 0) is 13.1 Å². The third-order valence-corrected chi connectivity index (χ3v) is 5.38. The first-order valence-electron chi connectivity index (χ1n) is 9.97. The van der Waals surface area contributed by atoms with Gasteiger partial charge in [-0.05, 0) is 37.1 Å². The number of fused-ring (bicyclic) bond motifs is 1. The number of nitrogens with one attached hydrogen (secondary N) is 1. The van der Waals surface area contributed by atoms with Crippen LogP contribution in [0.4, 0.5) is 0 Å². The van der Waals surface area contributed by atoms with Gasteiger partial charge in [0.1, 0.15) is 0 Å². The summed E-state index contributed by atoms with van der Waals surface area (Å²) in [6, 6.07) is 13.7. The predicted octanol–water partition coefficient (Wildman–Crippen LogP) is 4.29. The second-order valence-electron chi connectivity index (χ2n) is 7.33. The number of hydrogen-bond acceptors (Lipinski definition) is 4. The lowest BCUT2D eigenvalue weighted by molar-refractivity contribution is 0.0949. The smallest absolute Gasteiger partial charge is 0.255 e. The second kappa shape index (κ2) is 8.79. The Labute approximate surface area is 180 Å². The van der Waals surface area contributed by atoms with E-state index in [1.165, 1.54) is 0 Å². The molecule has 1 aliphatic rings. The van der Waals surface area contributed by atoms with Crippen LogP contribution in [0.3, 0.4) is 0 Å². The Morgan fingerprint density at radius 1 is 1.13 bits per heavy atom. The summed E-state index contributed by atoms with van der Waals surface area (Å²) in [4.78, 5) is 12.9. The Morgan fingerprint density at radius 3 is 2.70 bits per heavy atom. The quantitative estimate of drug-likeness (QED) is 0.662. The molecule has 1 aromatic heterocycles. The molecule has 0 spiro atoms. The van der Waals surface area contributed by atoms with Gasteiger partial charge in [0.05, 0.1) is 36.0 Å². The zero-order valence-corrected chi connectivity index (χ0v) is 17.8. The van der Waals surface area contributed by atoms with Crippen molar-refractivity contribution in [3.05, 3.63) is 75.6 Å². The van der Waals surface area contributed by atoms with E-state index >= 15 is 0 Å². The van der Waals surface area contributed by atoms with Crippen LogP contribution in [0.25, 0.3) is 0 Å². The van der Waals surface area contributed by atoms with Crippen molar-refractivity contribution in [2.45, 2.75) is 33.4 Å². The molecule has 3 aromatic rings. The molecule has 0 radical (unpaired) electrons. The largest absolute Gasteiger partial charge is 0.489 e. The van der Waals surface area contributed by atoms with E-state index in [1.807, 2.05) is 54.9 Å². The highest BCUT2D eigenvalue weighted by Crippen LogP contribution is 2.38. The van der Waals surface area contributed by atoms with Crippen molar-refractivity contribution in [3.63, 3.8) is 0 Å². The van der Waals surface area contributed by atoms with Gasteiger partial charge in [0.15, 0.2) is 11.5 Å². The zero-order chi connectivity index (χ0) is 21.1. The summed E-state index contributed by atoms with van der Waals surface area (Å²) in [5.41, 5.74) is 4.14. The number of benzene rings is 2. The highest BCUT2D eigenvalue weighted by molar-refractivity contribution is 6.32. The monoisotopic (exact) mass is 425 g/mol. The number of halogens is 1. The number of rotatable bonds is 5. The van der Waals surface area contributed by atoms with E-state index in [9.17, 15) is 4.79 Å². The number of aromatic nitrogens is 2. The summed E-state index contributed by atoms with van der Waals surface area (Å²) < 4.78 is 13.2. The average molecular weight is 426 g/mol. The molecule has 7 heteroatoms. The van der Waals surface area contributed by atoms with Crippen LogP contribution in [0.2, 0.25) is 5.02 Å². The minimum absolute atomic E-state index is 0.160. The molecule has 2 aromatic carbocycles. The Balaban J connectivity index is 1.48. The van der Waals surface area contributed by atoms with E-state index < -0.39 is 0 Å². The maximum absolute atomic E-state index is 12.9. The van der Waals surface area contributed by atoms with E-state index in [0.29, 0.717) is 54.1 Å². The minimum Gasteiger partial charge on any atom is -0.489 e. The maximum atomic E-state index is 12.9. The zero-order valence-electron chi connectivity index (χ0n) is 17.1. The molecule has 1 amide bonds. The average Bonchev–Trinajstić information content (AvgIpc) is 2.89. The fraction of sp³-hybridized carbons (Fsp3) is 0.304. The number of carbonyl (C=O) groups is 1. The van der Waals surface area contributed by atoms with Gasteiger partial charge in [-0.2, -0.15) is 5.10 Å². The Bertz CT molecular complexity index is 1060. The van der Waals surface area contributed by atoms with Gasteiger partial charge in [-0.1, -0.05) is 41.9 Å². The van der Waals surface area contributed by atoms with Gasteiger partial charge in [-0.25, -0.2) is 0 Å². The predicted molar refractivity (Wildman–Crippen MR) is 115 cm³/mol. The Kier molecular flexibility index (Phi) is 5.95. The van der Waals surface area contributed by atoms with Crippen molar-refractivity contribution >= 4 is 17.5 Å². The van der Waals surface area contributed by atoms with Gasteiger partial charge < -0.3 is 14.8 Å². The van der Waals surface area contributed by atoms with Gasteiger partial charge in [-0.15, -0.1) is 0 Å². The first-order valence-corrected chi connectivity index (χ1v) is 10.3. The SMILES string of the molecule is Cc1nn(Cc2ccccc2)c(C)c1C(=O)NCc1cc(Cl)c2c(c1)OCCCO2. The van der Waals surface area contributed by atoms with Crippen molar-refractivity contribution in [1.29, 1.82) is 0 Å². The van der Waals surface area contributed by atoms with Crippen molar-refractivity contribution in [1.82, 2.24) is 15.1 Å². The van der Waals surface area contributed by atoms with E-state index in [4.69, 9.17) is 21.1 Å². The number of carbonyl (C=O) groups excluding carboxylic acids is 1. The van der Waals surface area contributed by atoms with Crippen LogP contribution in [0.5, 0.6) is 11.5 Å². The molecule has 0 saturated heterocycles. The lowest BCUT2D eigenvalue weighted by atomic mass is 10.1. The number of hydrogen-bond donors (Lipinski definition) is 1. The third kappa shape index (κ3) is 4.28. The molecule has 156 valence electrons. The topological polar surface area (TPSA) is 65.4 Å². The highest BCUT2D eigenvalue weighted by atomic mass is 35.5. The van der Waals surface area contributed by atoms with Gasteiger partial charge in [0.25, 0.3) is 5.91 Å². The van der Waals surface area contributed by atoms with Crippen molar-refractivity contribution < 1.29 is 14.3 Å². The van der Waals surface area contributed by atoms with Crippen LogP contribution in [0.15, 0.2) is 42.5 Å². The van der Waals surface area contributed by atoms with Gasteiger partial charge in [0.2, 0.25) is 0 Å². The number of amides is 1. The molecular weight excluding hydrogens is 402 g/mol. The van der Waals surface area contributed by atoms with Crippen LogP contribution in [0, 0.1) is 13.8 Å². The van der Waals surface area contributed by atoms with Crippen molar-refractivity contribution in [2.75, 3.05) is 13.2 Å². The number of aryl methyl sites for hydroxylation is 1. The lowest BCUT2D eigenvalue weighted by Gasteiger charge is -2.12. The van der Waals surface area contributed by atoms with E-state index in [1.54, 1.807) is 6.07 Å². The van der Waals surface area contributed by atoms with Crippen LogP contribution in [-0.4, -0.2) is 28.9 Å². The summed E-state index contributed by atoms with van der Waals surface area (Å²) in [7, 11) is 0. The summed E-state index contributed by atoms with van der Waals surface area (Å²) in [6.07, 6.45) is 0.808. The molecule has 1 N–H and O–H groups in total. The first-order chi connectivity index (χ1) is 14.5. The fourth-order valence-electron chi connectivity index (χ4n) is 3.59. The third-order valence-electron chi connectivity index (χ3n) is 5.10. The molecule has 4 rings (SSSR count). The standard InChI is InChI=1S/C23H24ClN3O3/c1-15-21(16(2)27(26-15)14-17-7-4-3-5-8-17)23(28)25-13-18-11-19(24)22-20(12-18)29-9-6-10-30-22/h3-5,7-8,11-12H,6,9-10,13-14H2,1-2H3,(H,25,28). The summed E-state index contributed by atoms with van der Waals surface area (Å²) in [5, 5.41) is 8.03. The van der Waals surface area contributed by atoms with Crippen LogP contribution < -0.4 is 14.8 Å². The molecule has 1 aliphatic heterocycles. The Morgan fingerprint density at radius 2 is 1.90 bits per heavy atom. The van der Waals surface area contributed by atoms with Gasteiger partial charge in [0, 0.05) is 18.7 Å². The molecule has 0 unspecified atom stereocenters. The first kappa shape index (κ1) is 20.3. The second-order valence-corrected chi connectivity index (χ2v) is 7.73. The van der Waals surface area contributed by atoms with E-state index in [0.717, 1.165) is 23.2 Å². The molecule has 30 heavy (non-hydrogen) atoms. The summed E-state index contributed by atoms with van der Waals surface area (Å²) >= 11 is 6.35. The van der Waals surface area contributed by atoms with E-state index in [2.05, 4.69) is 10.4 Å². The molecule has 0 bridgehead atoms. The molecule has 6 nitrogen and oxygen atoms in total. The molecule has 0 atom stereocenters. The summed E-state index contributed by atoms with van der Waals surface area (Å²) in [5.74, 6) is 1.03. The Hall–Kier alpha value is -2.99. The van der Waals surface area contributed by atoms with E-state index in [-0.39, 0.29) is 5.91 Å². The fourth-order valence-corrected chi connectivity index (χ4v) is 3.88. The van der Waals surface area contributed by atoms with Gasteiger partial charge in [-0.3, -0.25) is 9.48 Å². The van der Waals surface area contributed by atoms with Crippen LogP contribution >= 0.6 is 11.6 Å². The molecule has 0 fully saturated rings. The summed E-state index contributed by atoms with van der Waals surface area (Å²) in [6.45, 7) is 5.89. The van der Waals surface area contributed by atoms with Crippen LogP contribution in [0.1, 0.15) is 39.3 Å². The maximum Gasteiger partial charge on any atom is 0.255 e. The molecule has 0 aliphatic carbocycles. The molecule has 2 heterocycles. The lowest BCUT2D eigenvalue weighted by Crippen LogP contribution is -2.24.